The molecule has 0 saturated heterocycles. The molecule has 4 atom stereocenters. The van der Waals surface area contributed by atoms with Crippen molar-refractivity contribution in [1.82, 2.24) is 5.32 Å². The summed E-state index contributed by atoms with van der Waals surface area (Å²) in [6.45, 7) is 8.68. The summed E-state index contributed by atoms with van der Waals surface area (Å²) in [6, 6.07) is 0. The number of rotatable bonds is 7. The summed E-state index contributed by atoms with van der Waals surface area (Å²) in [5.74, 6) is -0.0717. The lowest BCUT2D eigenvalue weighted by Crippen LogP contribution is -2.45. The summed E-state index contributed by atoms with van der Waals surface area (Å²) in [6.07, 6.45) is 3.84. The van der Waals surface area contributed by atoms with E-state index in [0.29, 0.717) is 34.2 Å². The maximum atomic E-state index is 13.4. The first-order valence-electron chi connectivity index (χ1n) is 11.5. The van der Waals surface area contributed by atoms with E-state index in [1.165, 1.54) is 22.7 Å². The molecule has 1 N–H and O–H groups in total. The Balaban J connectivity index is 1.50. The number of nitrogens with zero attached hydrogens (tertiary/aromatic N) is 2. The van der Waals surface area contributed by atoms with E-state index in [0.717, 1.165) is 16.9 Å². The molecule has 2 aliphatic carbocycles. The van der Waals surface area contributed by atoms with Gasteiger partial charge in [0.2, 0.25) is 5.91 Å². The number of carbonyl (C=O) groups excluding carboxylic acids is 3. The highest BCUT2D eigenvalue weighted by molar-refractivity contribution is 7.18. The Kier molecular flexibility index (Phi) is 6.14. The third-order valence-corrected chi connectivity index (χ3v) is 8.32. The SMILES string of the molecule is Cc1c(C=NCNC(=O)OC(C)(C)C)sc2c1C(=O)C(CC1CC13C[C@@H]3C)C(=O)N2CCF. The summed E-state index contributed by atoms with van der Waals surface area (Å²) < 4.78 is 18.5. The molecule has 1 aromatic heterocycles. The second kappa shape index (κ2) is 8.49. The number of amides is 2. The molecular formula is C24H32FN3O4S. The molecule has 0 radical (unpaired) electrons. The summed E-state index contributed by atoms with van der Waals surface area (Å²) >= 11 is 1.26. The van der Waals surface area contributed by atoms with E-state index in [9.17, 15) is 18.8 Å². The van der Waals surface area contributed by atoms with Gasteiger partial charge in [-0.25, -0.2) is 9.18 Å². The Morgan fingerprint density at radius 3 is 2.64 bits per heavy atom. The van der Waals surface area contributed by atoms with Crippen LogP contribution in [0.5, 0.6) is 0 Å². The number of halogens is 1. The fourth-order valence-electron chi connectivity index (χ4n) is 5.12. The van der Waals surface area contributed by atoms with Crippen LogP contribution < -0.4 is 10.2 Å². The minimum absolute atomic E-state index is 0.0164. The quantitative estimate of drug-likeness (QED) is 0.462. The number of Topliss-reactive ketones (excluding diaryl/α,β-unsaturated/α-hetero) is 1. The minimum Gasteiger partial charge on any atom is -0.444 e. The Labute approximate surface area is 197 Å². The fourth-order valence-corrected chi connectivity index (χ4v) is 6.36. The van der Waals surface area contributed by atoms with E-state index in [4.69, 9.17) is 4.74 Å². The number of ketones is 1. The van der Waals surface area contributed by atoms with Crippen LogP contribution in [0.15, 0.2) is 4.99 Å². The van der Waals surface area contributed by atoms with Gasteiger partial charge in [0.25, 0.3) is 0 Å². The summed E-state index contributed by atoms with van der Waals surface area (Å²) in [5.41, 5.74) is 1.01. The molecule has 1 aliphatic heterocycles. The Morgan fingerprint density at radius 2 is 2.06 bits per heavy atom. The van der Waals surface area contributed by atoms with Crippen LogP contribution in [0.2, 0.25) is 0 Å². The molecule has 1 aromatic rings. The Hall–Kier alpha value is -2.29. The monoisotopic (exact) mass is 477 g/mol. The van der Waals surface area contributed by atoms with Crippen molar-refractivity contribution in [2.24, 2.45) is 28.2 Å². The van der Waals surface area contributed by atoms with Crippen molar-refractivity contribution in [2.45, 2.75) is 59.5 Å². The van der Waals surface area contributed by atoms with Crippen LogP contribution in [0, 0.1) is 30.1 Å². The van der Waals surface area contributed by atoms with E-state index >= 15 is 0 Å². The van der Waals surface area contributed by atoms with E-state index in [1.807, 2.05) is 6.92 Å². The number of hydrogen-bond donors (Lipinski definition) is 1. The molecule has 180 valence electrons. The van der Waals surface area contributed by atoms with Crippen LogP contribution in [-0.4, -0.2) is 49.5 Å². The largest absolute Gasteiger partial charge is 0.444 e. The molecule has 0 bridgehead atoms. The molecule has 2 saturated carbocycles. The van der Waals surface area contributed by atoms with Crippen LogP contribution in [0.4, 0.5) is 14.2 Å². The van der Waals surface area contributed by atoms with Gasteiger partial charge >= 0.3 is 6.09 Å². The maximum Gasteiger partial charge on any atom is 0.409 e. The van der Waals surface area contributed by atoms with Gasteiger partial charge in [-0.05, 0) is 69.8 Å². The van der Waals surface area contributed by atoms with E-state index in [1.54, 1.807) is 27.0 Å². The van der Waals surface area contributed by atoms with Gasteiger partial charge in [0.15, 0.2) is 5.78 Å². The number of aliphatic imine (C=N–C) groups is 1. The smallest absolute Gasteiger partial charge is 0.409 e. The number of alkyl halides is 1. The van der Waals surface area contributed by atoms with Crippen molar-refractivity contribution in [3.05, 3.63) is 16.0 Å². The topological polar surface area (TPSA) is 88.1 Å². The number of anilines is 1. The van der Waals surface area contributed by atoms with Gasteiger partial charge < -0.3 is 10.1 Å². The number of carbonyl (C=O) groups is 3. The predicted molar refractivity (Wildman–Crippen MR) is 126 cm³/mol. The standard InChI is InChI=1S/C24H32FN3O4S/c1-13-9-24(13)10-15(24)8-16-19(29)18-14(2)17(33-21(18)28(7-6-25)20(16)30)11-26-12-27-22(31)32-23(3,4)5/h11,13,15-16H,6-10,12H2,1-5H3,(H,27,31)/t13-,15?,16?,24?/m0/s1. The van der Waals surface area contributed by atoms with Crippen molar-refractivity contribution in [3.8, 4) is 0 Å². The molecule has 1 spiro atoms. The first kappa shape index (κ1) is 23.9. The lowest BCUT2D eigenvalue weighted by atomic mass is 9.86. The van der Waals surface area contributed by atoms with Crippen LogP contribution in [0.3, 0.4) is 0 Å². The first-order chi connectivity index (χ1) is 15.5. The molecule has 9 heteroatoms. The van der Waals surface area contributed by atoms with Gasteiger partial charge in [0.1, 0.15) is 29.9 Å². The van der Waals surface area contributed by atoms with Gasteiger partial charge in [0, 0.05) is 6.21 Å². The Morgan fingerprint density at radius 1 is 1.36 bits per heavy atom. The Bertz CT molecular complexity index is 1010. The summed E-state index contributed by atoms with van der Waals surface area (Å²) in [7, 11) is 0. The normalized spacial score (nSPS) is 28.4. The van der Waals surface area contributed by atoms with Crippen molar-refractivity contribution in [3.63, 3.8) is 0 Å². The van der Waals surface area contributed by atoms with E-state index in [-0.39, 0.29) is 24.9 Å². The zero-order valence-corrected chi connectivity index (χ0v) is 20.7. The lowest BCUT2D eigenvalue weighted by Gasteiger charge is -2.31. The summed E-state index contributed by atoms with van der Waals surface area (Å²) in [5, 5.41) is 3.06. The molecule has 33 heavy (non-hydrogen) atoms. The average Bonchev–Trinajstić information content (AvgIpc) is 3.54. The zero-order valence-electron chi connectivity index (χ0n) is 19.9. The molecule has 2 heterocycles. The number of alkyl carbamates (subject to hydrolysis) is 1. The van der Waals surface area contributed by atoms with Gasteiger partial charge in [-0.1, -0.05) is 6.92 Å². The van der Waals surface area contributed by atoms with Gasteiger partial charge in [-0.2, -0.15) is 0 Å². The fraction of sp³-hybridized carbons (Fsp3) is 0.667. The number of ether oxygens (including phenoxy) is 1. The molecule has 3 aliphatic rings. The highest BCUT2D eigenvalue weighted by Gasteiger charge is 2.68. The van der Waals surface area contributed by atoms with E-state index in [2.05, 4.69) is 17.2 Å². The molecule has 0 aromatic carbocycles. The highest BCUT2D eigenvalue weighted by Crippen LogP contribution is 2.76. The van der Waals surface area contributed by atoms with Crippen molar-refractivity contribution in [2.75, 3.05) is 24.8 Å². The van der Waals surface area contributed by atoms with Gasteiger partial charge in [-0.15, -0.1) is 11.3 Å². The second-order valence-electron chi connectivity index (χ2n) is 10.5. The van der Waals surface area contributed by atoms with Gasteiger partial charge in [-0.3, -0.25) is 19.5 Å². The van der Waals surface area contributed by atoms with Crippen molar-refractivity contribution in [1.29, 1.82) is 0 Å². The predicted octanol–water partition coefficient (Wildman–Crippen LogP) is 4.51. The van der Waals surface area contributed by atoms with Crippen LogP contribution in [0.1, 0.15) is 67.8 Å². The second-order valence-corrected chi connectivity index (χ2v) is 11.5. The van der Waals surface area contributed by atoms with Crippen molar-refractivity contribution < 1.29 is 23.5 Å². The first-order valence-corrected chi connectivity index (χ1v) is 12.3. The molecule has 2 amide bonds. The number of fused-ring (bicyclic) bond motifs is 1. The number of nitrogens with one attached hydrogen (secondary N) is 1. The lowest BCUT2D eigenvalue weighted by molar-refractivity contribution is -0.121. The third kappa shape index (κ3) is 4.56. The van der Waals surface area contributed by atoms with Crippen LogP contribution in [-0.2, 0) is 9.53 Å². The summed E-state index contributed by atoms with van der Waals surface area (Å²) in [4.78, 5) is 44.7. The molecule has 3 unspecified atom stereocenters. The third-order valence-electron chi connectivity index (χ3n) is 7.07. The number of hydrogen-bond acceptors (Lipinski definition) is 6. The molecular weight excluding hydrogens is 445 g/mol. The van der Waals surface area contributed by atoms with Crippen molar-refractivity contribution >= 4 is 40.3 Å². The van der Waals surface area contributed by atoms with E-state index < -0.39 is 24.3 Å². The highest BCUT2D eigenvalue weighted by atomic mass is 32.1. The maximum absolute atomic E-state index is 13.4. The number of thiophene rings is 1. The average molecular weight is 478 g/mol. The van der Waals surface area contributed by atoms with Crippen LogP contribution >= 0.6 is 11.3 Å². The van der Waals surface area contributed by atoms with Gasteiger partial charge in [0.05, 0.1) is 17.0 Å². The molecule has 4 rings (SSSR count). The minimum atomic E-state index is -0.729. The zero-order chi connectivity index (χ0) is 24.1. The molecule has 2 fully saturated rings. The molecule has 7 nitrogen and oxygen atoms in total. The van der Waals surface area contributed by atoms with Crippen LogP contribution in [0.25, 0.3) is 0 Å².